The van der Waals surface area contributed by atoms with E-state index in [9.17, 15) is 9.90 Å². The van der Waals surface area contributed by atoms with Gasteiger partial charge in [0.05, 0.1) is 5.56 Å². The molecule has 1 aromatic carbocycles. The van der Waals surface area contributed by atoms with Gasteiger partial charge in [-0.1, -0.05) is 18.2 Å². The Labute approximate surface area is 133 Å². The highest BCUT2D eigenvalue weighted by atomic mass is 32.1. The summed E-state index contributed by atoms with van der Waals surface area (Å²) < 4.78 is 5.64. The molecule has 0 saturated carbocycles. The van der Waals surface area contributed by atoms with E-state index in [4.69, 9.17) is 10.5 Å². The summed E-state index contributed by atoms with van der Waals surface area (Å²) >= 11 is 1.33. The minimum absolute atomic E-state index is 0.0884. The number of aliphatic hydroxyl groups is 1. The van der Waals surface area contributed by atoms with Crippen molar-refractivity contribution in [2.24, 2.45) is 5.73 Å². The molecule has 2 unspecified atom stereocenters. The zero-order chi connectivity index (χ0) is 15.9. The minimum atomic E-state index is -0.669. The first-order valence-electron chi connectivity index (χ1n) is 7.04. The highest BCUT2D eigenvalue weighted by Crippen LogP contribution is 2.21. The molecular weight excluding hydrogens is 300 g/mol. The van der Waals surface area contributed by atoms with Crippen LogP contribution >= 0.6 is 11.3 Å². The Kier molecular flexibility index (Phi) is 5.94. The van der Waals surface area contributed by atoms with Crippen LogP contribution in [-0.2, 0) is 0 Å². The molecule has 6 heteroatoms. The van der Waals surface area contributed by atoms with Crippen LogP contribution in [-0.4, -0.2) is 30.2 Å². The first-order valence-corrected chi connectivity index (χ1v) is 7.91. The van der Waals surface area contributed by atoms with E-state index in [0.29, 0.717) is 18.7 Å². The molecule has 2 aromatic rings. The second-order valence-corrected chi connectivity index (χ2v) is 5.99. The van der Waals surface area contributed by atoms with Gasteiger partial charge in [0.25, 0.3) is 0 Å². The van der Waals surface area contributed by atoms with Gasteiger partial charge >= 0.3 is 0 Å². The molecule has 4 N–H and O–H groups in total. The van der Waals surface area contributed by atoms with Gasteiger partial charge in [-0.25, -0.2) is 0 Å². The summed E-state index contributed by atoms with van der Waals surface area (Å²) in [4.78, 5) is 11.8. The molecule has 1 amide bonds. The third-order valence-corrected chi connectivity index (χ3v) is 4.17. The van der Waals surface area contributed by atoms with Gasteiger partial charge in [-0.15, -0.1) is 11.3 Å². The zero-order valence-electron chi connectivity index (χ0n) is 12.4. The molecule has 0 saturated heterocycles. The van der Waals surface area contributed by atoms with Crippen molar-refractivity contribution in [3.63, 3.8) is 0 Å². The van der Waals surface area contributed by atoms with Gasteiger partial charge in [0.1, 0.15) is 18.5 Å². The molecule has 0 aliphatic rings. The topological polar surface area (TPSA) is 84.6 Å². The number of rotatable bonds is 8. The lowest BCUT2D eigenvalue weighted by Crippen LogP contribution is -2.34. The fourth-order valence-corrected chi connectivity index (χ4v) is 2.75. The standard InChI is InChI=1S/C16H20N2O3S/c1-11(9-21-13-5-3-2-4-6-13)18-8-14(19)15-7-12(10-22-15)16(17)20/h2-7,10-11,14,18-19H,8-9H2,1H3,(H2,17,20). The monoisotopic (exact) mass is 320 g/mol. The van der Waals surface area contributed by atoms with Crippen LogP contribution in [0.1, 0.15) is 28.3 Å². The lowest BCUT2D eigenvalue weighted by molar-refractivity contribution is 0.100. The summed E-state index contributed by atoms with van der Waals surface area (Å²) in [5, 5.41) is 15.0. The molecule has 0 aliphatic carbocycles. The van der Waals surface area contributed by atoms with Gasteiger partial charge in [-0.05, 0) is 25.1 Å². The molecular formula is C16H20N2O3S. The Morgan fingerprint density at radius 1 is 1.41 bits per heavy atom. The smallest absolute Gasteiger partial charge is 0.249 e. The molecule has 0 aliphatic heterocycles. The average molecular weight is 320 g/mol. The van der Waals surface area contributed by atoms with Crippen molar-refractivity contribution < 1.29 is 14.6 Å². The first-order chi connectivity index (χ1) is 10.6. The number of thiophene rings is 1. The molecule has 1 aromatic heterocycles. The lowest BCUT2D eigenvalue weighted by atomic mass is 10.2. The number of aliphatic hydroxyl groups excluding tert-OH is 1. The maximum Gasteiger partial charge on any atom is 0.249 e. The number of nitrogens with one attached hydrogen (secondary N) is 1. The van der Waals surface area contributed by atoms with E-state index in [1.54, 1.807) is 11.4 Å². The summed E-state index contributed by atoms with van der Waals surface area (Å²) in [5.41, 5.74) is 5.63. The number of amides is 1. The first kappa shape index (κ1) is 16.5. The highest BCUT2D eigenvalue weighted by Gasteiger charge is 2.14. The van der Waals surface area contributed by atoms with Crippen LogP contribution < -0.4 is 15.8 Å². The molecule has 0 radical (unpaired) electrons. The van der Waals surface area contributed by atoms with Gasteiger partial charge in [-0.3, -0.25) is 4.79 Å². The number of carbonyl (C=O) groups is 1. The maximum absolute atomic E-state index is 11.0. The van der Waals surface area contributed by atoms with Crippen LogP contribution in [0.5, 0.6) is 5.75 Å². The Balaban J connectivity index is 1.75. The third kappa shape index (κ3) is 4.84. The van der Waals surface area contributed by atoms with Gasteiger partial charge in [-0.2, -0.15) is 0 Å². The van der Waals surface area contributed by atoms with Crippen molar-refractivity contribution in [3.05, 3.63) is 52.2 Å². The van der Waals surface area contributed by atoms with E-state index in [-0.39, 0.29) is 6.04 Å². The number of primary amides is 1. The van der Waals surface area contributed by atoms with Crippen molar-refractivity contribution in [2.75, 3.05) is 13.2 Å². The van der Waals surface area contributed by atoms with Gasteiger partial charge in [0, 0.05) is 22.8 Å². The van der Waals surface area contributed by atoms with E-state index < -0.39 is 12.0 Å². The van der Waals surface area contributed by atoms with Crippen molar-refractivity contribution in [1.29, 1.82) is 0 Å². The quantitative estimate of drug-likeness (QED) is 0.694. The molecule has 22 heavy (non-hydrogen) atoms. The fraction of sp³-hybridized carbons (Fsp3) is 0.312. The van der Waals surface area contributed by atoms with Crippen LogP contribution in [0.2, 0.25) is 0 Å². The number of para-hydroxylation sites is 1. The van der Waals surface area contributed by atoms with Crippen LogP contribution in [0.4, 0.5) is 0 Å². The number of hydrogen-bond acceptors (Lipinski definition) is 5. The van der Waals surface area contributed by atoms with E-state index in [0.717, 1.165) is 10.6 Å². The summed E-state index contributed by atoms with van der Waals surface area (Å²) in [6, 6.07) is 11.3. The number of hydrogen-bond donors (Lipinski definition) is 3. The van der Waals surface area contributed by atoms with Crippen LogP contribution in [0.3, 0.4) is 0 Å². The number of carbonyl (C=O) groups excluding carboxylic acids is 1. The molecule has 0 spiro atoms. The fourth-order valence-electron chi connectivity index (χ4n) is 1.87. The molecule has 2 rings (SSSR count). The Bertz CT molecular complexity index is 600. The van der Waals surface area contributed by atoms with Gasteiger partial charge in [0.15, 0.2) is 0 Å². The zero-order valence-corrected chi connectivity index (χ0v) is 13.2. The third-order valence-electron chi connectivity index (χ3n) is 3.14. The predicted octanol–water partition coefficient (Wildman–Crippen LogP) is 1.94. The highest BCUT2D eigenvalue weighted by molar-refractivity contribution is 7.10. The SMILES string of the molecule is CC(COc1ccccc1)NCC(O)c1cc(C(N)=O)cs1. The summed E-state index contributed by atoms with van der Waals surface area (Å²) in [6.45, 7) is 2.88. The molecule has 118 valence electrons. The van der Waals surface area contributed by atoms with Crippen molar-refractivity contribution in [1.82, 2.24) is 5.32 Å². The maximum atomic E-state index is 11.0. The largest absolute Gasteiger partial charge is 0.492 e. The van der Waals surface area contributed by atoms with Crippen LogP contribution in [0.15, 0.2) is 41.8 Å². The second-order valence-electron chi connectivity index (χ2n) is 5.05. The van der Waals surface area contributed by atoms with Gasteiger partial charge in [0.2, 0.25) is 5.91 Å². The van der Waals surface area contributed by atoms with E-state index in [1.165, 1.54) is 11.3 Å². The number of ether oxygens (including phenoxy) is 1. The Morgan fingerprint density at radius 3 is 2.77 bits per heavy atom. The number of benzene rings is 1. The predicted molar refractivity (Wildman–Crippen MR) is 87.2 cm³/mol. The Hall–Kier alpha value is -1.89. The number of nitrogens with two attached hydrogens (primary N) is 1. The van der Waals surface area contributed by atoms with E-state index in [1.807, 2.05) is 37.3 Å². The normalized spacial score (nSPS) is 13.5. The van der Waals surface area contributed by atoms with Crippen LogP contribution in [0, 0.1) is 0 Å². The van der Waals surface area contributed by atoms with E-state index in [2.05, 4.69) is 5.32 Å². The lowest BCUT2D eigenvalue weighted by Gasteiger charge is -2.17. The van der Waals surface area contributed by atoms with Crippen LogP contribution in [0.25, 0.3) is 0 Å². The van der Waals surface area contributed by atoms with Crippen molar-refractivity contribution in [2.45, 2.75) is 19.1 Å². The summed E-state index contributed by atoms with van der Waals surface area (Å²) in [5.74, 6) is 0.341. The molecule has 2 atom stereocenters. The molecule has 0 fully saturated rings. The van der Waals surface area contributed by atoms with Crippen molar-refractivity contribution >= 4 is 17.2 Å². The van der Waals surface area contributed by atoms with E-state index >= 15 is 0 Å². The van der Waals surface area contributed by atoms with Crippen molar-refractivity contribution in [3.8, 4) is 5.75 Å². The van der Waals surface area contributed by atoms with Gasteiger partial charge < -0.3 is 20.9 Å². The summed E-state index contributed by atoms with van der Waals surface area (Å²) in [7, 11) is 0. The average Bonchev–Trinajstić information content (AvgIpc) is 3.02. The molecule has 5 nitrogen and oxygen atoms in total. The Morgan fingerprint density at radius 2 is 2.14 bits per heavy atom. The second kappa shape index (κ2) is 7.93. The summed E-state index contributed by atoms with van der Waals surface area (Å²) in [6.07, 6.45) is -0.669. The molecule has 0 bridgehead atoms. The minimum Gasteiger partial charge on any atom is -0.492 e. The molecule has 1 heterocycles.